The number of amides is 1. The van der Waals surface area contributed by atoms with Gasteiger partial charge in [-0.25, -0.2) is 4.68 Å². The lowest BCUT2D eigenvalue weighted by molar-refractivity contribution is -0.384. The van der Waals surface area contributed by atoms with Crippen LogP contribution in [0.15, 0.2) is 84.3 Å². The monoisotopic (exact) mass is 487 g/mol. The van der Waals surface area contributed by atoms with Crippen LogP contribution in [0, 0.1) is 10.1 Å². The summed E-state index contributed by atoms with van der Waals surface area (Å²) in [6.45, 7) is 1.75. The highest BCUT2D eigenvalue weighted by molar-refractivity contribution is 6.30. The number of carbonyl (C=O) groups excluding carboxylic acids is 1. The Hall–Kier alpha value is -4.57. The average molecular weight is 488 g/mol. The van der Waals surface area contributed by atoms with Crippen LogP contribution in [0.1, 0.15) is 18.5 Å². The molecule has 4 aromatic rings. The summed E-state index contributed by atoms with van der Waals surface area (Å²) in [5.74, 6) is 0.428. The van der Waals surface area contributed by atoms with Crippen molar-refractivity contribution >= 4 is 34.8 Å². The molecule has 2 N–H and O–H groups in total. The minimum atomic E-state index is -0.767. The highest BCUT2D eigenvalue weighted by Crippen LogP contribution is 2.37. The number of nitrogens with one attached hydrogen (secondary N) is 2. The quantitative estimate of drug-likeness (QED) is 0.305. The van der Waals surface area contributed by atoms with Gasteiger partial charge in [-0.05, 0) is 48.9 Å². The Bertz CT molecular complexity index is 1470. The fourth-order valence-corrected chi connectivity index (χ4v) is 4.04. The van der Waals surface area contributed by atoms with Crippen LogP contribution >= 0.6 is 11.6 Å². The lowest BCUT2D eigenvalue weighted by atomic mass is 9.94. The van der Waals surface area contributed by atoms with Gasteiger partial charge in [-0.1, -0.05) is 23.7 Å². The van der Waals surface area contributed by atoms with Crippen LogP contribution in [0.25, 0.3) is 11.4 Å². The molecule has 0 radical (unpaired) electrons. The number of nitrogens with zero attached hydrogens (tertiary/aromatic N) is 5. The first kappa shape index (κ1) is 22.2. The van der Waals surface area contributed by atoms with Crippen LogP contribution in [0.2, 0.25) is 5.02 Å². The Balaban J connectivity index is 1.63. The summed E-state index contributed by atoms with van der Waals surface area (Å²) in [5, 5.41) is 22.7. The summed E-state index contributed by atoms with van der Waals surface area (Å²) in [6.07, 6.45) is 3.14. The smallest absolute Gasteiger partial charge is 0.269 e. The number of hydrogen-bond donors (Lipinski definition) is 2. The van der Waals surface area contributed by atoms with Gasteiger partial charge in [-0.2, -0.15) is 4.98 Å². The molecule has 3 heterocycles. The second-order valence-corrected chi connectivity index (χ2v) is 8.26. The van der Waals surface area contributed by atoms with Gasteiger partial charge in [0.1, 0.15) is 6.04 Å². The van der Waals surface area contributed by atoms with Crippen LogP contribution in [0.4, 0.5) is 17.3 Å². The number of benzene rings is 2. The van der Waals surface area contributed by atoms with E-state index in [0.29, 0.717) is 39.3 Å². The first-order valence-electron chi connectivity index (χ1n) is 10.6. The number of carbonyl (C=O) groups is 1. The van der Waals surface area contributed by atoms with Crippen molar-refractivity contribution in [3.8, 4) is 11.4 Å². The van der Waals surface area contributed by atoms with Crippen LogP contribution in [0.5, 0.6) is 0 Å². The topological polar surface area (TPSA) is 128 Å². The molecule has 0 unspecified atom stereocenters. The summed E-state index contributed by atoms with van der Waals surface area (Å²) < 4.78 is 1.56. The number of anilines is 2. The fraction of sp³-hybridized carbons (Fsp3) is 0.0833. The van der Waals surface area contributed by atoms with Gasteiger partial charge in [0.25, 0.3) is 11.6 Å². The summed E-state index contributed by atoms with van der Waals surface area (Å²) >= 11 is 6.01. The third-order valence-electron chi connectivity index (χ3n) is 5.52. The normalized spacial score (nSPS) is 14.7. The number of allylic oxidation sites excluding steroid dienone is 1. The summed E-state index contributed by atoms with van der Waals surface area (Å²) in [7, 11) is 0. The molecule has 174 valence electrons. The first-order valence-corrected chi connectivity index (χ1v) is 10.9. The molecule has 1 aliphatic rings. The van der Waals surface area contributed by atoms with E-state index in [9.17, 15) is 14.9 Å². The molecular formula is C24H18ClN7O3. The largest absolute Gasteiger partial charge is 0.328 e. The maximum Gasteiger partial charge on any atom is 0.269 e. The molecule has 0 bridgehead atoms. The number of hydrogen-bond acceptors (Lipinski definition) is 7. The minimum Gasteiger partial charge on any atom is -0.328 e. The van der Waals surface area contributed by atoms with Crippen molar-refractivity contribution in [2.24, 2.45) is 0 Å². The Labute approximate surface area is 204 Å². The number of nitro groups is 1. The molecule has 10 nitrogen and oxygen atoms in total. The highest BCUT2D eigenvalue weighted by atomic mass is 35.5. The van der Waals surface area contributed by atoms with Crippen molar-refractivity contribution in [1.29, 1.82) is 0 Å². The molecule has 0 spiro atoms. The molecule has 1 amide bonds. The van der Waals surface area contributed by atoms with E-state index in [2.05, 4.69) is 25.7 Å². The lowest BCUT2D eigenvalue weighted by Crippen LogP contribution is -2.31. The lowest BCUT2D eigenvalue weighted by Gasteiger charge is -2.28. The third-order valence-corrected chi connectivity index (χ3v) is 5.77. The van der Waals surface area contributed by atoms with E-state index in [1.54, 1.807) is 66.3 Å². The van der Waals surface area contributed by atoms with Gasteiger partial charge in [0.2, 0.25) is 5.95 Å². The summed E-state index contributed by atoms with van der Waals surface area (Å²) in [6, 6.07) is 15.9. The molecule has 1 aliphatic heterocycles. The van der Waals surface area contributed by atoms with Gasteiger partial charge in [-0.3, -0.25) is 19.9 Å². The zero-order valence-electron chi connectivity index (χ0n) is 18.3. The average Bonchev–Trinajstić information content (AvgIpc) is 3.27. The van der Waals surface area contributed by atoms with E-state index in [4.69, 9.17) is 11.6 Å². The molecule has 0 saturated carbocycles. The standard InChI is InChI=1S/C24H18ClN7O3/c1-14-20(23(33)28-18-5-3-11-26-13-18)21(16-4-2-6-19(12-16)32(34)35)31-24(27-14)29-22(30-31)15-7-9-17(25)10-8-15/h2-13,21H,1H3,(H,28,33)(H,27,29,30)/t21-/m0/s1. The predicted molar refractivity (Wildman–Crippen MR) is 131 cm³/mol. The van der Waals surface area contributed by atoms with Crippen molar-refractivity contribution < 1.29 is 9.72 Å². The SMILES string of the molecule is CC1=C(C(=O)Nc2cccnc2)[C@H](c2cccc([N+](=O)[O-])c2)n2nc(-c3ccc(Cl)cc3)nc2N1. The number of nitro benzene ring substituents is 1. The highest BCUT2D eigenvalue weighted by Gasteiger charge is 2.35. The van der Waals surface area contributed by atoms with Crippen LogP contribution < -0.4 is 10.6 Å². The molecule has 0 aliphatic carbocycles. The zero-order chi connectivity index (χ0) is 24.5. The molecule has 0 fully saturated rings. The Morgan fingerprint density at radius 1 is 1.17 bits per heavy atom. The number of fused-ring (bicyclic) bond motifs is 1. The molecule has 5 rings (SSSR count). The number of rotatable bonds is 5. The zero-order valence-corrected chi connectivity index (χ0v) is 19.1. The number of halogens is 1. The number of pyridine rings is 1. The van der Waals surface area contributed by atoms with Gasteiger partial charge in [0, 0.05) is 34.6 Å². The predicted octanol–water partition coefficient (Wildman–Crippen LogP) is 4.83. The second-order valence-electron chi connectivity index (χ2n) is 7.82. The van der Waals surface area contributed by atoms with E-state index in [-0.39, 0.29) is 5.69 Å². The minimum absolute atomic E-state index is 0.0923. The Kier molecular flexibility index (Phi) is 5.71. The van der Waals surface area contributed by atoms with Crippen molar-refractivity contribution in [2.75, 3.05) is 10.6 Å². The maximum atomic E-state index is 13.5. The molecule has 2 aromatic carbocycles. The Morgan fingerprint density at radius 3 is 2.69 bits per heavy atom. The molecule has 35 heavy (non-hydrogen) atoms. The molecule has 1 atom stereocenters. The molecule has 11 heteroatoms. The van der Waals surface area contributed by atoms with E-state index in [1.165, 1.54) is 18.3 Å². The van der Waals surface area contributed by atoms with Crippen molar-refractivity contribution in [3.05, 3.63) is 105 Å². The van der Waals surface area contributed by atoms with Gasteiger partial charge in [0.15, 0.2) is 5.82 Å². The second kappa shape index (κ2) is 8.99. The van der Waals surface area contributed by atoms with Crippen LogP contribution in [-0.2, 0) is 4.79 Å². The number of non-ortho nitro benzene ring substituents is 1. The van der Waals surface area contributed by atoms with Crippen LogP contribution in [-0.4, -0.2) is 30.6 Å². The maximum absolute atomic E-state index is 13.5. The fourth-order valence-electron chi connectivity index (χ4n) is 3.92. The molecule has 2 aromatic heterocycles. The van der Waals surface area contributed by atoms with Crippen molar-refractivity contribution in [3.63, 3.8) is 0 Å². The van der Waals surface area contributed by atoms with Crippen molar-refractivity contribution in [1.82, 2.24) is 19.7 Å². The number of aromatic nitrogens is 4. The molecular weight excluding hydrogens is 470 g/mol. The van der Waals surface area contributed by atoms with Crippen LogP contribution in [0.3, 0.4) is 0 Å². The first-order chi connectivity index (χ1) is 16.9. The van der Waals surface area contributed by atoms with E-state index < -0.39 is 16.9 Å². The van der Waals surface area contributed by atoms with Crippen molar-refractivity contribution in [2.45, 2.75) is 13.0 Å². The summed E-state index contributed by atoms with van der Waals surface area (Å²) in [4.78, 5) is 33.1. The molecule has 0 saturated heterocycles. The summed E-state index contributed by atoms with van der Waals surface area (Å²) in [5.41, 5.74) is 2.56. The third kappa shape index (κ3) is 4.34. The van der Waals surface area contributed by atoms with E-state index >= 15 is 0 Å². The van der Waals surface area contributed by atoms with Gasteiger partial charge < -0.3 is 10.6 Å². The van der Waals surface area contributed by atoms with E-state index in [1.807, 2.05) is 0 Å². The van der Waals surface area contributed by atoms with Gasteiger partial charge in [-0.15, -0.1) is 5.10 Å². The Morgan fingerprint density at radius 2 is 1.97 bits per heavy atom. The van der Waals surface area contributed by atoms with E-state index in [0.717, 1.165) is 5.56 Å². The van der Waals surface area contributed by atoms with Gasteiger partial charge in [0.05, 0.1) is 22.4 Å². The van der Waals surface area contributed by atoms with Gasteiger partial charge >= 0.3 is 0 Å².